The molecular weight excluding hydrogens is 350 g/mol. The fraction of sp³-hybridized carbons (Fsp3) is 0.450. The smallest absolute Gasteiger partial charge is 0.302 e. The molecule has 5 nitrogen and oxygen atoms in total. The summed E-state index contributed by atoms with van der Waals surface area (Å²) >= 11 is 1.95. The molecule has 0 unspecified atom stereocenters. The molecule has 0 bridgehead atoms. The summed E-state index contributed by atoms with van der Waals surface area (Å²) in [4.78, 5) is 25.8. The van der Waals surface area contributed by atoms with Crippen molar-refractivity contribution in [2.75, 3.05) is 6.61 Å². The zero-order valence-electron chi connectivity index (χ0n) is 15.5. The predicted molar refractivity (Wildman–Crippen MR) is 103 cm³/mol. The average Bonchev–Trinajstić information content (AvgIpc) is 2.60. The summed E-state index contributed by atoms with van der Waals surface area (Å²) in [6, 6.07) is 8.15. The van der Waals surface area contributed by atoms with Gasteiger partial charge in [0.25, 0.3) is 6.47 Å². The molecule has 1 saturated carbocycles. The van der Waals surface area contributed by atoms with Gasteiger partial charge in [-0.15, -0.1) is 11.8 Å². The van der Waals surface area contributed by atoms with Gasteiger partial charge in [-0.2, -0.15) is 0 Å². The Morgan fingerprint density at radius 3 is 2.65 bits per heavy atom. The summed E-state index contributed by atoms with van der Waals surface area (Å²) in [6.07, 6.45) is 5.74. The summed E-state index contributed by atoms with van der Waals surface area (Å²) in [5.74, 6) is -0.252. The molecule has 1 aromatic carbocycles. The first kappa shape index (κ1) is 20.2. The number of benzene rings is 1. The molecule has 140 valence electrons. The molecule has 0 atom stereocenters. The first-order valence-electron chi connectivity index (χ1n) is 8.72. The topological polar surface area (TPSA) is 65.5 Å². The van der Waals surface area contributed by atoms with Gasteiger partial charge < -0.3 is 9.47 Å². The van der Waals surface area contributed by atoms with Crippen molar-refractivity contribution in [2.24, 2.45) is 0 Å². The number of ether oxygens (including phenoxy) is 2. The number of rotatable bonds is 6. The number of thioether (sulfide) groups is 1. The van der Waals surface area contributed by atoms with Gasteiger partial charge >= 0.3 is 5.97 Å². The Morgan fingerprint density at radius 2 is 2.12 bits per heavy atom. The van der Waals surface area contributed by atoms with Gasteiger partial charge in [-0.05, 0) is 43.5 Å². The van der Waals surface area contributed by atoms with Crippen LogP contribution in [0.4, 0.5) is 0 Å². The lowest BCUT2D eigenvalue weighted by molar-refractivity contribution is -0.142. The third kappa shape index (κ3) is 5.73. The van der Waals surface area contributed by atoms with Crippen molar-refractivity contribution in [1.29, 1.82) is 0 Å². The fourth-order valence-corrected chi connectivity index (χ4v) is 4.07. The van der Waals surface area contributed by atoms with Crippen LogP contribution in [-0.2, 0) is 25.7 Å². The molecule has 0 saturated heterocycles. The van der Waals surface area contributed by atoms with Crippen molar-refractivity contribution in [3.8, 4) is 0 Å². The second-order valence-corrected chi connectivity index (χ2v) is 8.03. The minimum atomic E-state index is -0.252. The van der Waals surface area contributed by atoms with Crippen LogP contribution in [0.5, 0.6) is 0 Å². The lowest BCUT2D eigenvalue weighted by Crippen LogP contribution is -2.28. The number of aromatic nitrogens is 1. The second-order valence-electron chi connectivity index (χ2n) is 6.40. The van der Waals surface area contributed by atoms with E-state index in [1.165, 1.54) is 31.1 Å². The summed E-state index contributed by atoms with van der Waals surface area (Å²) in [7, 11) is 0. The van der Waals surface area contributed by atoms with Crippen LogP contribution < -0.4 is 0 Å². The van der Waals surface area contributed by atoms with Crippen LogP contribution in [0.1, 0.15) is 45.6 Å². The number of hydrogen-bond donors (Lipinski definition) is 0. The zero-order chi connectivity index (χ0) is 19.0. The highest BCUT2D eigenvalue weighted by atomic mass is 32.2. The summed E-state index contributed by atoms with van der Waals surface area (Å²) in [5.41, 5.74) is 2.00. The SMILES string of the molecule is CC(=O)OCc1ccc2nccc(SC3(C)CCC3)c2c1.CCOC=O. The molecule has 0 spiro atoms. The van der Waals surface area contributed by atoms with Crippen molar-refractivity contribution >= 4 is 35.1 Å². The Hall–Kier alpha value is -2.08. The molecule has 1 fully saturated rings. The fourth-order valence-electron chi connectivity index (χ4n) is 2.64. The minimum absolute atomic E-state index is 0.252. The molecule has 6 heteroatoms. The van der Waals surface area contributed by atoms with Gasteiger partial charge in [-0.1, -0.05) is 19.4 Å². The third-order valence-electron chi connectivity index (χ3n) is 4.21. The molecule has 1 aliphatic carbocycles. The molecule has 1 aromatic heterocycles. The van der Waals surface area contributed by atoms with Crippen molar-refractivity contribution in [3.05, 3.63) is 36.0 Å². The van der Waals surface area contributed by atoms with E-state index in [2.05, 4.69) is 28.8 Å². The van der Waals surface area contributed by atoms with Gasteiger partial charge in [0.1, 0.15) is 6.61 Å². The molecule has 0 aliphatic heterocycles. The van der Waals surface area contributed by atoms with E-state index < -0.39 is 0 Å². The molecule has 0 radical (unpaired) electrons. The van der Waals surface area contributed by atoms with Crippen LogP contribution in [0.3, 0.4) is 0 Å². The van der Waals surface area contributed by atoms with Crippen LogP contribution in [0.2, 0.25) is 0 Å². The molecule has 0 amide bonds. The van der Waals surface area contributed by atoms with Crippen molar-refractivity contribution < 1.29 is 19.1 Å². The summed E-state index contributed by atoms with van der Waals surface area (Å²) < 4.78 is 9.60. The van der Waals surface area contributed by atoms with E-state index in [1.54, 1.807) is 6.92 Å². The number of hydrogen-bond acceptors (Lipinski definition) is 6. The van der Waals surface area contributed by atoms with Gasteiger partial charge in [-0.3, -0.25) is 14.6 Å². The standard InChI is InChI=1S/C17H19NO2S.C3H6O2/c1-12(19)20-11-13-4-5-15-14(10-13)16(6-9-18-15)21-17(2)7-3-8-17;1-2-5-3-4/h4-6,9-10H,3,7-8,11H2,1-2H3;3H,2H2,1H3. The van der Waals surface area contributed by atoms with E-state index >= 15 is 0 Å². The van der Waals surface area contributed by atoms with Gasteiger partial charge in [0, 0.05) is 28.1 Å². The molecule has 1 aliphatic rings. The van der Waals surface area contributed by atoms with Crippen LogP contribution in [-0.4, -0.2) is 28.8 Å². The normalized spacial score (nSPS) is 14.6. The third-order valence-corrected chi connectivity index (χ3v) is 5.69. The number of pyridine rings is 1. The van der Waals surface area contributed by atoms with E-state index in [0.717, 1.165) is 16.5 Å². The minimum Gasteiger partial charge on any atom is -0.468 e. The van der Waals surface area contributed by atoms with Gasteiger partial charge in [-0.25, -0.2) is 0 Å². The highest BCUT2D eigenvalue weighted by Gasteiger charge is 2.33. The first-order valence-corrected chi connectivity index (χ1v) is 9.54. The molecule has 26 heavy (non-hydrogen) atoms. The highest BCUT2D eigenvalue weighted by Crippen LogP contribution is 2.48. The number of carbonyl (C=O) groups is 2. The van der Waals surface area contributed by atoms with Crippen LogP contribution in [0.15, 0.2) is 35.4 Å². The second kappa shape index (κ2) is 9.57. The van der Waals surface area contributed by atoms with Crippen LogP contribution in [0.25, 0.3) is 10.9 Å². The van der Waals surface area contributed by atoms with Crippen molar-refractivity contribution in [3.63, 3.8) is 0 Å². The van der Waals surface area contributed by atoms with Gasteiger partial charge in [0.15, 0.2) is 0 Å². The Balaban J connectivity index is 0.000000431. The Morgan fingerprint density at radius 1 is 1.35 bits per heavy atom. The number of nitrogens with zero attached hydrogens (tertiary/aromatic N) is 1. The van der Waals surface area contributed by atoms with E-state index in [4.69, 9.17) is 4.74 Å². The van der Waals surface area contributed by atoms with E-state index in [-0.39, 0.29) is 5.97 Å². The van der Waals surface area contributed by atoms with Crippen molar-refractivity contribution in [2.45, 2.75) is 56.3 Å². The first-order chi connectivity index (χ1) is 12.5. The molecule has 3 rings (SSSR count). The van der Waals surface area contributed by atoms with Gasteiger partial charge in [0.05, 0.1) is 12.1 Å². The lowest BCUT2D eigenvalue weighted by Gasteiger charge is -2.37. The number of esters is 1. The largest absolute Gasteiger partial charge is 0.468 e. The highest BCUT2D eigenvalue weighted by molar-refractivity contribution is 8.01. The maximum atomic E-state index is 10.9. The Kier molecular flexibility index (Phi) is 7.45. The monoisotopic (exact) mass is 375 g/mol. The Bertz CT molecular complexity index is 759. The lowest BCUT2D eigenvalue weighted by atomic mass is 9.86. The van der Waals surface area contributed by atoms with E-state index in [0.29, 0.717) is 24.4 Å². The zero-order valence-corrected chi connectivity index (χ0v) is 16.3. The van der Waals surface area contributed by atoms with Crippen LogP contribution in [0, 0.1) is 0 Å². The Labute approximate surface area is 158 Å². The quantitative estimate of drug-likeness (QED) is 0.547. The molecular formula is C20H25NO4S. The van der Waals surface area contributed by atoms with E-state index in [1.807, 2.05) is 30.1 Å². The maximum absolute atomic E-state index is 10.9. The molecule has 0 N–H and O–H groups in total. The average molecular weight is 375 g/mol. The number of carbonyl (C=O) groups excluding carboxylic acids is 2. The summed E-state index contributed by atoms with van der Waals surface area (Å²) in [5, 5.41) is 1.15. The number of fused-ring (bicyclic) bond motifs is 1. The van der Waals surface area contributed by atoms with Crippen molar-refractivity contribution in [1.82, 2.24) is 4.98 Å². The molecule has 1 heterocycles. The van der Waals surface area contributed by atoms with Gasteiger partial charge in [0.2, 0.25) is 0 Å². The maximum Gasteiger partial charge on any atom is 0.302 e. The van der Waals surface area contributed by atoms with E-state index in [9.17, 15) is 9.59 Å². The predicted octanol–water partition coefficient (Wildman–Crippen LogP) is 4.51. The summed E-state index contributed by atoms with van der Waals surface area (Å²) in [6.45, 7) is 6.75. The van der Waals surface area contributed by atoms with Crippen LogP contribution >= 0.6 is 11.8 Å². The molecule has 2 aromatic rings.